The van der Waals surface area contributed by atoms with Gasteiger partial charge in [0, 0.05) is 31.6 Å². The zero-order valence-electron chi connectivity index (χ0n) is 29.8. The van der Waals surface area contributed by atoms with Crippen LogP contribution in [0, 0.1) is 45.3 Å². The van der Waals surface area contributed by atoms with E-state index in [1.165, 1.54) is 44.3 Å². The number of aliphatic hydroxyl groups excluding tert-OH is 1. The average Bonchev–Trinajstić information content (AvgIpc) is 3.19. The summed E-state index contributed by atoms with van der Waals surface area (Å²) in [5.74, 6) is 1.42. The van der Waals surface area contributed by atoms with Crippen LogP contribution >= 0.6 is 0 Å². The summed E-state index contributed by atoms with van der Waals surface area (Å²) in [4.78, 5) is 20.9. The Kier molecular flexibility index (Phi) is 9.31. The quantitative estimate of drug-likeness (QED) is 0.357. The fraction of sp³-hybridized carbons (Fsp3) is 0.973. The lowest BCUT2D eigenvalue weighted by Gasteiger charge is -2.64. The number of rotatable bonds is 6. The van der Waals surface area contributed by atoms with E-state index in [-0.39, 0.29) is 52.0 Å². The fourth-order valence-corrected chi connectivity index (χ4v) is 12.4. The number of carbonyl (C=O) groups is 1. The van der Waals surface area contributed by atoms with Crippen molar-refractivity contribution in [2.75, 3.05) is 33.9 Å². The highest BCUT2D eigenvalue weighted by atomic mass is 16.7. The first-order chi connectivity index (χ1) is 21.2. The molecule has 4 aliphatic carbocycles. The number of hydrogen-bond acceptors (Lipinski definition) is 7. The molecule has 6 rings (SSSR count). The van der Waals surface area contributed by atoms with Crippen molar-refractivity contribution >= 4 is 5.91 Å². The monoisotopic (exact) mass is 632 g/mol. The van der Waals surface area contributed by atoms with E-state index < -0.39 is 12.2 Å². The van der Waals surface area contributed by atoms with Crippen LogP contribution in [0.4, 0.5) is 0 Å². The SMILES string of the molecule is CCC(C)N1CCOC(OC2CCC34CCCC5(C)C6C(C)CC(C(=O)N(C)OC)OC6C(O)C5(C)C(CCC3C2(C)C)C4)C1. The molecule has 8 nitrogen and oxygen atoms in total. The van der Waals surface area contributed by atoms with Crippen LogP contribution in [0.5, 0.6) is 0 Å². The summed E-state index contributed by atoms with van der Waals surface area (Å²) >= 11 is 0. The number of hydrogen-bond donors (Lipinski definition) is 1. The van der Waals surface area contributed by atoms with Crippen LogP contribution in [0.1, 0.15) is 113 Å². The van der Waals surface area contributed by atoms with Crippen molar-refractivity contribution in [3.05, 3.63) is 0 Å². The molecule has 45 heavy (non-hydrogen) atoms. The maximum Gasteiger partial charge on any atom is 0.274 e. The molecule has 1 amide bonds. The van der Waals surface area contributed by atoms with Gasteiger partial charge in [-0.2, -0.15) is 0 Å². The van der Waals surface area contributed by atoms with Gasteiger partial charge < -0.3 is 19.3 Å². The summed E-state index contributed by atoms with van der Waals surface area (Å²) in [6, 6.07) is 0.557. The van der Waals surface area contributed by atoms with Gasteiger partial charge in [-0.3, -0.25) is 14.5 Å². The highest BCUT2D eigenvalue weighted by Gasteiger charge is 2.71. The van der Waals surface area contributed by atoms with Crippen molar-refractivity contribution in [1.82, 2.24) is 9.96 Å². The number of aliphatic hydroxyl groups is 1. The second kappa shape index (κ2) is 12.3. The molecule has 8 heteroatoms. The van der Waals surface area contributed by atoms with E-state index in [1.807, 2.05) is 0 Å². The van der Waals surface area contributed by atoms with Gasteiger partial charge in [-0.15, -0.1) is 0 Å². The minimum Gasteiger partial charge on any atom is -0.390 e. The van der Waals surface area contributed by atoms with Gasteiger partial charge in [-0.05, 0) is 105 Å². The minimum atomic E-state index is -0.584. The molecule has 0 radical (unpaired) electrons. The molecule has 0 aromatic heterocycles. The van der Waals surface area contributed by atoms with Crippen molar-refractivity contribution in [1.29, 1.82) is 0 Å². The second-order valence-electron chi connectivity index (χ2n) is 17.3. The van der Waals surface area contributed by atoms with Crippen molar-refractivity contribution in [3.8, 4) is 0 Å². The summed E-state index contributed by atoms with van der Waals surface area (Å²) in [7, 11) is 3.16. The first kappa shape index (κ1) is 34.1. The maximum atomic E-state index is 13.1. The molecule has 0 aromatic carbocycles. The van der Waals surface area contributed by atoms with E-state index in [9.17, 15) is 9.90 Å². The molecule has 0 aromatic rings. The third-order valence-corrected chi connectivity index (χ3v) is 15.3. The van der Waals surface area contributed by atoms with E-state index in [0.29, 0.717) is 30.2 Å². The smallest absolute Gasteiger partial charge is 0.274 e. The first-order valence-electron chi connectivity index (χ1n) is 18.4. The van der Waals surface area contributed by atoms with Gasteiger partial charge in [0.25, 0.3) is 5.91 Å². The van der Waals surface area contributed by atoms with Crippen molar-refractivity contribution in [3.63, 3.8) is 0 Å². The molecule has 1 N–H and O–H groups in total. The lowest BCUT2D eigenvalue weighted by atomic mass is 9.41. The number of likely N-dealkylation sites (N-methyl/N-ethyl adjacent to an activating group) is 1. The molecule has 2 heterocycles. The van der Waals surface area contributed by atoms with Crippen molar-refractivity contribution in [2.45, 2.75) is 149 Å². The Morgan fingerprint density at radius 2 is 1.89 bits per heavy atom. The number of fused-ring (bicyclic) bond motifs is 5. The molecule has 13 atom stereocenters. The van der Waals surface area contributed by atoms with Gasteiger partial charge in [0.2, 0.25) is 0 Å². The van der Waals surface area contributed by atoms with E-state index in [4.69, 9.17) is 19.0 Å². The Bertz CT molecular complexity index is 1090. The van der Waals surface area contributed by atoms with E-state index in [0.717, 1.165) is 45.4 Å². The molecule has 6 aliphatic rings. The summed E-state index contributed by atoms with van der Waals surface area (Å²) < 4.78 is 19.7. The van der Waals surface area contributed by atoms with E-state index in [2.05, 4.69) is 53.4 Å². The third-order valence-electron chi connectivity index (χ3n) is 15.3. The first-order valence-corrected chi connectivity index (χ1v) is 18.4. The van der Waals surface area contributed by atoms with Crippen LogP contribution in [0.2, 0.25) is 0 Å². The van der Waals surface area contributed by atoms with Crippen LogP contribution in [-0.2, 0) is 23.8 Å². The molecule has 2 saturated heterocycles. The molecular formula is C37H64N2O6. The van der Waals surface area contributed by atoms with Crippen LogP contribution in [0.3, 0.4) is 0 Å². The normalized spacial score (nSPS) is 48.7. The average molecular weight is 633 g/mol. The standard InChI is InChI=1S/C37H64N2O6/c1-10-24(3)39-18-19-43-29(22-39)45-28-14-17-37-16-11-15-35(6)30-23(2)20-26(33(41)38(8)42-9)44-31(30)32(40)36(35,7)25(21-37)12-13-27(37)34(28,4)5/h23-32,40H,10-22H2,1-9H3. The Balaban J connectivity index is 1.22. The van der Waals surface area contributed by atoms with Crippen molar-refractivity contribution < 1.29 is 28.9 Å². The number of hydroxylamine groups is 2. The van der Waals surface area contributed by atoms with E-state index >= 15 is 0 Å². The van der Waals surface area contributed by atoms with Crippen LogP contribution in [-0.4, -0.2) is 91.6 Å². The Morgan fingerprint density at radius 1 is 1.13 bits per heavy atom. The topological polar surface area (TPSA) is 80.7 Å². The lowest BCUT2D eigenvalue weighted by Crippen LogP contribution is -2.60. The predicted molar refractivity (Wildman–Crippen MR) is 174 cm³/mol. The number of nitrogens with zero attached hydrogens (tertiary/aromatic N) is 2. The van der Waals surface area contributed by atoms with Gasteiger partial charge in [-0.25, -0.2) is 5.06 Å². The number of morpholine rings is 1. The summed E-state index contributed by atoms with van der Waals surface area (Å²) in [5.41, 5.74) is 0.0569. The predicted octanol–water partition coefficient (Wildman–Crippen LogP) is 6.05. The maximum absolute atomic E-state index is 13.1. The molecule has 2 bridgehead atoms. The van der Waals surface area contributed by atoms with Gasteiger partial charge in [-0.1, -0.05) is 48.0 Å². The Labute approximate surface area is 273 Å². The van der Waals surface area contributed by atoms with Gasteiger partial charge in [0.05, 0.1) is 32.0 Å². The van der Waals surface area contributed by atoms with Crippen LogP contribution < -0.4 is 0 Å². The van der Waals surface area contributed by atoms with E-state index in [1.54, 1.807) is 7.05 Å². The Hall–Kier alpha value is -0.770. The number of amides is 1. The number of carbonyl (C=O) groups excluding carboxylic acids is 1. The molecule has 1 spiro atoms. The highest BCUT2D eigenvalue weighted by molar-refractivity contribution is 5.79. The summed E-state index contributed by atoms with van der Waals surface area (Å²) in [6.07, 6.45) is 9.76. The highest BCUT2D eigenvalue weighted by Crippen LogP contribution is 2.73. The van der Waals surface area contributed by atoms with Gasteiger partial charge in [0.1, 0.15) is 6.10 Å². The Morgan fingerprint density at radius 3 is 2.60 bits per heavy atom. The van der Waals surface area contributed by atoms with Crippen molar-refractivity contribution in [2.24, 2.45) is 45.3 Å². The lowest BCUT2D eigenvalue weighted by molar-refractivity contribution is -0.256. The zero-order valence-corrected chi connectivity index (χ0v) is 29.8. The van der Waals surface area contributed by atoms with Crippen LogP contribution in [0.25, 0.3) is 0 Å². The van der Waals surface area contributed by atoms with Gasteiger partial charge >= 0.3 is 0 Å². The summed E-state index contributed by atoms with van der Waals surface area (Å²) in [6.45, 7) is 19.3. The molecule has 2 aliphatic heterocycles. The molecular weight excluding hydrogens is 568 g/mol. The minimum absolute atomic E-state index is 0.0353. The largest absolute Gasteiger partial charge is 0.390 e. The third kappa shape index (κ3) is 5.26. The van der Waals surface area contributed by atoms with Gasteiger partial charge in [0.15, 0.2) is 6.29 Å². The molecule has 6 fully saturated rings. The number of ether oxygens (including phenoxy) is 3. The van der Waals surface area contributed by atoms with Crippen LogP contribution in [0.15, 0.2) is 0 Å². The molecule has 13 unspecified atom stereocenters. The fourth-order valence-electron chi connectivity index (χ4n) is 12.4. The second-order valence-corrected chi connectivity index (χ2v) is 17.3. The molecule has 4 saturated carbocycles. The zero-order chi connectivity index (χ0) is 32.5. The molecule has 258 valence electrons. The summed E-state index contributed by atoms with van der Waals surface area (Å²) in [5, 5.41) is 13.6.